The van der Waals surface area contributed by atoms with Crippen molar-refractivity contribution in [1.29, 1.82) is 0 Å². The van der Waals surface area contributed by atoms with Crippen LogP contribution in [0.15, 0.2) is 47.5 Å². The normalized spacial score (nSPS) is 24.0. The predicted molar refractivity (Wildman–Crippen MR) is 199 cm³/mol. The number of aliphatic imine (C=N–C) groups is 1. The lowest BCUT2D eigenvalue weighted by Crippen LogP contribution is -2.33. The molecule has 10 nitrogen and oxygen atoms in total. The van der Waals surface area contributed by atoms with Gasteiger partial charge in [0.25, 0.3) is 0 Å². The van der Waals surface area contributed by atoms with Crippen LogP contribution in [0.25, 0.3) is 0 Å². The second-order valence-corrected chi connectivity index (χ2v) is 15.8. The van der Waals surface area contributed by atoms with Gasteiger partial charge in [0.05, 0.1) is 19.1 Å². The Labute approximate surface area is 299 Å². The lowest BCUT2D eigenvalue weighted by atomic mass is 9.94. The van der Waals surface area contributed by atoms with Crippen molar-refractivity contribution in [3.8, 4) is 11.5 Å². The Balaban J connectivity index is 1.44. The SMILES string of the molecule is COc1cc2cc(c1O)CN1CC(CCNC(N)=NCSSCC(CCc3ccccc3)CCCCC(O)CC(OC(C)=O)CC2)CC1=O. The molecule has 0 aromatic heterocycles. The number of rotatable bonds is 5. The van der Waals surface area contributed by atoms with Crippen LogP contribution in [0.5, 0.6) is 11.5 Å². The maximum atomic E-state index is 12.9. The first kappa shape index (κ1) is 38.7. The number of phenols is 1. The molecule has 1 saturated heterocycles. The van der Waals surface area contributed by atoms with E-state index in [4.69, 9.17) is 15.2 Å². The molecule has 2 heterocycles. The molecule has 5 N–H and O–H groups in total. The summed E-state index contributed by atoms with van der Waals surface area (Å²) in [5.74, 6) is 2.75. The van der Waals surface area contributed by atoms with Crippen molar-refractivity contribution < 1.29 is 29.3 Å². The molecule has 2 aromatic rings. The molecule has 2 aromatic carbocycles. The molecule has 12 heteroatoms. The zero-order valence-corrected chi connectivity index (χ0v) is 30.6. The molecule has 0 radical (unpaired) electrons. The molecule has 0 aliphatic carbocycles. The van der Waals surface area contributed by atoms with Crippen molar-refractivity contribution in [2.45, 2.75) is 96.3 Å². The summed E-state index contributed by atoms with van der Waals surface area (Å²) in [6, 6.07) is 14.3. The number of nitrogens with zero attached hydrogens (tertiary/aromatic N) is 2. The molecule has 49 heavy (non-hydrogen) atoms. The third-order valence-electron chi connectivity index (χ3n) is 9.33. The molecule has 4 bridgehead atoms. The Morgan fingerprint density at radius 1 is 1.12 bits per heavy atom. The molecule has 1 fully saturated rings. The first-order chi connectivity index (χ1) is 23.7. The Bertz CT molecular complexity index is 1360. The van der Waals surface area contributed by atoms with Crippen LogP contribution in [0.4, 0.5) is 0 Å². The number of amides is 1. The fraction of sp³-hybridized carbons (Fsp3) is 0.595. The molecule has 1 amide bonds. The number of nitrogens with two attached hydrogens (primary N) is 1. The number of aromatic hydroxyl groups is 1. The minimum absolute atomic E-state index is 0.0200. The highest BCUT2D eigenvalue weighted by molar-refractivity contribution is 8.76. The summed E-state index contributed by atoms with van der Waals surface area (Å²) in [7, 11) is 5.04. The Morgan fingerprint density at radius 2 is 1.92 bits per heavy atom. The highest BCUT2D eigenvalue weighted by Crippen LogP contribution is 2.35. The minimum atomic E-state index is -0.577. The van der Waals surface area contributed by atoms with Crippen LogP contribution in [-0.4, -0.2) is 77.0 Å². The number of carbonyl (C=O) groups is 2. The third kappa shape index (κ3) is 13.6. The highest BCUT2D eigenvalue weighted by Gasteiger charge is 2.30. The van der Waals surface area contributed by atoms with E-state index >= 15 is 0 Å². The Morgan fingerprint density at radius 3 is 2.69 bits per heavy atom. The lowest BCUT2D eigenvalue weighted by molar-refractivity contribution is -0.148. The number of hydrogen-bond donors (Lipinski definition) is 4. The number of esters is 1. The van der Waals surface area contributed by atoms with E-state index in [0.717, 1.165) is 49.8 Å². The van der Waals surface area contributed by atoms with Crippen LogP contribution in [0.2, 0.25) is 0 Å². The van der Waals surface area contributed by atoms with Crippen molar-refractivity contribution in [2.75, 3.05) is 31.8 Å². The van der Waals surface area contributed by atoms with E-state index in [9.17, 15) is 19.8 Å². The monoisotopic (exact) mass is 714 g/mol. The third-order valence-corrected chi connectivity index (χ3v) is 11.6. The summed E-state index contributed by atoms with van der Waals surface area (Å²) in [5.41, 5.74) is 9.01. The Hall–Kier alpha value is -3.09. The smallest absolute Gasteiger partial charge is 0.302 e. The summed E-state index contributed by atoms with van der Waals surface area (Å²) in [5, 5.41) is 25.1. The van der Waals surface area contributed by atoms with Crippen molar-refractivity contribution in [1.82, 2.24) is 10.2 Å². The van der Waals surface area contributed by atoms with Gasteiger partial charge in [0, 0.05) is 50.7 Å². The average Bonchev–Trinajstić information content (AvgIpc) is 3.42. The first-order valence-electron chi connectivity index (χ1n) is 17.5. The van der Waals surface area contributed by atoms with Crippen molar-refractivity contribution >= 4 is 39.4 Å². The van der Waals surface area contributed by atoms with Crippen LogP contribution in [0, 0.1) is 11.8 Å². The van der Waals surface area contributed by atoms with Gasteiger partial charge in [-0.3, -0.25) is 9.59 Å². The molecule has 2 aliphatic heterocycles. The molecular formula is C37H54N4O6S2. The molecule has 0 saturated carbocycles. The number of nitrogens with one attached hydrogen (secondary N) is 1. The van der Waals surface area contributed by atoms with E-state index in [2.05, 4.69) is 34.6 Å². The quantitative estimate of drug-likeness (QED) is 0.221. The van der Waals surface area contributed by atoms with Crippen LogP contribution in [-0.2, 0) is 33.7 Å². The molecule has 0 spiro atoms. The zero-order valence-electron chi connectivity index (χ0n) is 29.0. The van der Waals surface area contributed by atoms with E-state index in [1.165, 1.54) is 19.6 Å². The van der Waals surface area contributed by atoms with Crippen LogP contribution in [0.3, 0.4) is 0 Å². The number of guanidine groups is 1. The number of phenolic OH excluding ortho intramolecular Hbond substituents is 1. The second-order valence-electron chi connectivity index (χ2n) is 13.3. The van der Waals surface area contributed by atoms with E-state index in [-0.39, 0.29) is 30.1 Å². The number of hydrogen-bond acceptors (Lipinski definition) is 11. The topological polar surface area (TPSA) is 147 Å². The van der Waals surface area contributed by atoms with Crippen LogP contribution in [0.1, 0.15) is 81.4 Å². The van der Waals surface area contributed by atoms with E-state index in [1.807, 2.05) is 22.9 Å². The summed E-state index contributed by atoms with van der Waals surface area (Å²) in [6.45, 7) is 2.89. The zero-order chi connectivity index (χ0) is 35.0. The van der Waals surface area contributed by atoms with Crippen molar-refractivity contribution in [3.63, 3.8) is 0 Å². The number of methoxy groups -OCH3 is 1. The van der Waals surface area contributed by atoms with Crippen molar-refractivity contribution in [2.24, 2.45) is 22.6 Å². The number of aliphatic hydroxyl groups is 1. The predicted octanol–water partition coefficient (Wildman–Crippen LogP) is 5.82. The van der Waals surface area contributed by atoms with Gasteiger partial charge >= 0.3 is 5.97 Å². The minimum Gasteiger partial charge on any atom is -0.504 e. The second kappa shape index (κ2) is 20.6. The van der Waals surface area contributed by atoms with Gasteiger partial charge in [-0.15, -0.1) is 0 Å². The van der Waals surface area contributed by atoms with Gasteiger partial charge in [-0.05, 0) is 74.0 Å². The largest absolute Gasteiger partial charge is 0.504 e. The number of ether oxygens (including phenoxy) is 2. The van der Waals surface area contributed by atoms with Gasteiger partial charge in [0.15, 0.2) is 17.5 Å². The molecule has 4 atom stereocenters. The molecule has 4 rings (SSSR count). The fourth-order valence-corrected chi connectivity index (χ4v) is 8.78. The summed E-state index contributed by atoms with van der Waals surface area (Å²) >= 11 is 0. The molecule has 2 aliphatic rings. The maximum absolute atomic E-state index is 12.9. The van der Waals surface area contributed by atoms with Gasteiger partial charge in [-0.2, -0.15) is 0 Å². The van der Waals surface area contributed by atoms with E-state index < -0.39 is 12.2 Å². The molecular weight excluding hydrogens is 661 g/mol. The summed E-state index contributed by atoms with van der Waals surface area (Å²) in [4.78, 5) is 31.2. The Kier molecular flexibility index (Phi) is 16.2. The van der Waals surface area contributed by atoms with E-state index in [1.54, 1.807) is 21.8 Å². The van der Waals surface area contributed by atoms with Gasteiger partial charge in [-0.1, -0.05) is 70.8 Å². The standard InChI is InChI=1S/C37H54N4O6S2/c1-26(42)47-33-15-14-29-18-31(36(45)34(19-29)46-2)23-41-22-30(20-35(41)44)16-17-39-37(38)40-25-49-48-24-28(10-6-7-11-32(43)21-33)13-12-27-8-4-3-5-9-27/h3-5,8-9,18-19,28,30,32-33,43,45H,6-7,10-17,20-25H2,1-2H3,(H3,38,39,40). The summed E-state index contributed by atoms with van der Waals surface area (Å²) in [6.07, 6.45) is 7.44. The van der Waals surface area contributed by atoms with Gasteiger partial charge in [0.2, 0.25) is 5.91 Å². The van der Waals surface area contributed by atoms with Gasteiger partial charge in [-0.25, -0.2) is 4.99 Å². The lowest BCUT2D eigenvalue weighted by Gasteiger charge is -2.22. The number of benzene rings is 2. The molecule has 270 valence electrons. The van der Waals surface area contributed by atoms with Crippen LogP contribution < -0.4 is 15.8 Å². The average molecular weight is 715 g/mol. The number of aliphatic hydroxyl groups excluding tert-OH is 1. The van der Waals surface area contributed by atoms with E-state index in [0.29, 0.717) is 74.3 Å². The first-order valence-corrected chi connectivity index (χ1v) is 20.0. The maximum Gasteiger partial charge on any atom is 0.302 e. The number of carbonyl (C=O) groups excluding carboxylic acids is 2. The number of fused-ring (bicyclic) bond motifs is 4. The van der Waals surface area contributed by atoms with Crippen molar-refractivity contribution in [3.05, 3.63) is 59.2 Å². The summed E-state index contributed by atoms with van der Waals surface area (Å²) < 4.78 is 11.1. The van der Waals surface area contributed by atoms with Crippen LogP contribution >= 0.6 is 21.6 Å². The van der Waals surface area contributed by atoms with Gasteiger partial charge < -0.3 is 35.6 Å². The highest BCUT2D eigenvalue weighted by atomic mass is 33.1. The fourth-order valence-electron chi connectivity index (χ4n) is 6.64. The number of aryl methyl sites for hydroxylation is 2. The molecule has 4 unspecified atom stereocenters. The van der Waals surface area contributed by atoms with Gasteiger partial charge in [0.1, 0.15) is 6.10 Å².